The fraction of sp³-hybridized carbons (Fsp3) is 0.364. The van der Waals surface area contributed by atoms with Crippen LogP contribution in [0.15, 0.2) is 18.2 Å². The highest BCUT2D eigenvalue weighted by atomic mass is 32.2. The van der Waals surface area contributed by atoms with Gasteiger partial charge in [-0.2, -0.15) is 0 Å². The molecule has 1 aliphatic rings. The van der Waals surface area contributed by atoms with Crippen LogP contribution in [0.2, 0.25) is 0 Å². The molecule has 0 saturated carbocycles. The fourth-order valence-corrected chi connectivity index (χ4v) is 2.90. The molecule has 0 aromatic heterocycles. The fourth-order valence-electron chi connectivity index (χ4n) is 1.68. The molecule has 3 N–H and O–H groups in total. The van der Waals surface area contributed by atoms with Gasteiger partial charge in [-0.25, -0.2) is 0 Å². The maximum atomic E-state index is 10.8. The molecule has 5 nitrogen and oxygen atoms in total. The molecule has 0 amide bonds. The van der Waals surface area contributed by atoms with Crippen molar-refractivity contribution in [2.45, 2.75) is 11.4 Å². The number of ether oxygens (including phenoxy) is 1. The molecule has 17 heavy (non-hydrogen) atoms. The van der Waals surface area contributed by atoms with Gasteiger partial charge >= 0.3 is 5.97 Å². The molecule has 1 aromatic carbocycles. The highest BCUT2D eigenvalue weighted by Gasteiger charge is 2.30. The summed E-state index contributed by atoms with van der Waals surface area (Å²) < 4.78 is 4.95. The van der Waals surface area contributed by atoms with Crippen molar-refractivity contribution in [1.82, 2.24) is 5.32 Å². The van der Waals surface area contributed by atoms with Crippen LogP contribution in [0.1, 0.15) is 10.9 Å². The maximum Gasteiger partial charge on any atom is 0.321 e. The summed E-state index contributed by atoms with van der Waals surface area (Å²) in [5.41, 5.74) is 0.844. The molecule has 0 aliphatic carbocycles. The first-order valence-corrected chi connectivity index (χ1v) is 6.14. The number of hydrogen-bond donors (Lipinski definition) is 3. The van der Waals surface area contributed by atoms with Crippen molar-refractivity contribution in [2.75, 3.05) is 12.9 Å². The molecule has 0 radical (unpaired) electrons. The summed E-state index contributed by atoms with van der Waals surface area (Å²) in [5, 5.41) is 21.4. The number of carbonyl (C=O) groups is 1. The van der Waals surface area contributed by atoms with Crippen LogP contribution >= 0.6 is 11.8 Å². The zero-order chi connectivity index (χ0) is 12.4. The number of methoxy groups -OCH3 is 1. The Hall–Kier alpha value is -1.40. The number of rotatable bonds is 3. The first-order chi connectivity index (χ1) is 8.11. The third kappa shape index (κ3) is 2.48. The molecule has 0 spiro atoms. The monoisotopic (exact) mass is 255 g/mol. The van der Waals surface area contributed by atoms with E-state index in [9.17, 15) is 9.90 Å². The predicted molar refractivity (Wildman–Crippen MR) is 64.4 cm³/mol. The van der Waals surface area contributed by atoms with Gasteiger partial charge in [0.25, 0.3) is 0 Å². The number of aliphatic carboxylic acids is 1. The predicted octanol–water partition coefficient (Wildman–Crippen LogP) is 1.19. The van der Waals surface area contributed by atoms with E-state index in [1.165, 1.54) is 18.9 Å². The number of hydrogen-bond acceptors (Lipinski definition) is 5. The van der Waals surface area contributed by atoms with Crippen molar-refractivity contribution >= 4 is 17.7 Å². The largest absolute Gasteiger partial charge is 0.504 e. The third-order valence-corrected chi connectivity index (χ3v) is 3.85. The van der Waals surface area contributed by atoms with Crippen LogP contribution in [-0.4, -0.2) is 35.1 Å². The Morgan fingerprint density at radius 3 is 2.88 bits per heavy atom. The van der Waals surface area contributed by atoms with Crippen LogP contribution in [-0.2, 0) is 4.79 Å². The third-order valence-electron chi connectivity index (χ3n) is 2.59. The normalized spacial score (nSPS) is 23.6. The lowest BCUT2D eigenvalue weighted by Crippen LogP contribution is -2.33. The Labute approximate surface area is 103 Å². The zero-order valence-electron chi connectivity index (χ0n) is 9.21. The van der Waals surface area contributed by atoms with Crippen LogP contribution in [0, 0.1) is 0 Å². The second kappa shape index (κ2) is 4.85. The van der Waals surface area contributed by atoms with Crippen LogP contribution in [0.3, 0.4) is 0 Å². The molecule has 1 aromatic rings. The molecule has 0 bridgehead atoms. The number of nitrogens with one attached hydrogen (secondary N) is 1. The van der Waals surface area contributed by atoms with Crippen molar-refractivity contribution < 1.29 is 19.7 Å². The number of carboxylic acids is 1. The van der Waals surface area contributed by atoms with E-state index in [4.69, 9.17) is 9.84 Å². The van der Waals surface area contributed by atoms with E-state index in [0.717, 1.165) is 5.56 Å². The number of carboxylic acid groups (broad SMARTS) is 1. The first kappa shape index (κ1) is 12.1. The van der Waals surface area contributed by atoms with Crippen molar-refractivity contribution in [3.05, 3.63) is 23.8 Å². The SMILES string of the molecule is COc1ccc(C2N[C@H](C(=O)O)CS2)cc1O. The van der Waals surface area contributed by atoms with Crippen LogP contribution in [0.4, 0.5) is 0 Å². The topological polar surface area (TPSA) is 78.8 Å². The van der Waals surface area contributed by atoms with Gasteiger partial charge in [-0.3, -0.25) is 10.1 Å². The van der Waals surface area contributed by atoms with Gasteiger partial charge in [0.1, 0.15) is 6.04 Å². The first-order valence-electron chi connectivity index (χ1n) is 5.09. The molecule has 6 heteroatoms. The number of thioether (sulfide) groups is 1. The minimum absolute atomic E-state index is 0.0613. The number of phenols is 1. The van der Waals surface area contributed by atoms with E-state index < -0.39 is 12.0 Å². The molecule has 2 atom stereocenters. The quantitative estimate of drug-likeness (QED) is 0.753. The van der Waals surface area contributed by atoms with Gasteiger partial charge in [0, 0.05) is 5.75 Å². The van der Waals surface area contributed by atoms with Gasteiger partial charge in [0.2, 0.25) is 0 Å². The van der Waals surface area contributed by atoms with Gasteiger partial charge in [0.05, 0.1) is 12.5 Å². The van der Waals surface area contributed by atoms with E-state index >= 15 is 0 Å². The van der Waals surface area contributed by atoms with Crippen molar-refractivity contribution in [2.24, 2.45) is 0 Å². The molecule has 1 aliphatic heterocycles. The zero-order valence-corrected chi connectivity index (χ0v) is 10.0. The van der Waals surface area contributed by atoms with Crippen LogP contribution in [0.25, 0.3) is 0 Å². The van der Waals surface area contributed by atoms with Gasteiger partial charge < -0.3 is 14.9 Å². The summed E-state index contributed by atoms with van der Waals surface area (Å²) in [6.45, 7) is 0. The summed E-state index contributed by atoms with van der Waals surface area (Å²) >= 11 is 1.51. The lowest BCUT2D eigenvalue weighted by Gasteiger charge is -2.12. The van der Waals surface area contributed by atoms with E-state index in [1.807, 2.05) is 6.07 Å². The summed E-state index contributed by atoms with van der Waals surface area (Å²) in [6, 6.07) is 4.54. The smallest absolute Gasteiger partial charge is 0.321 e. The van der Waals surface area contributed by atoms with Gasteiger partial charge in [-0.15, -0.1) is 11.8 Å². The number of phenolic OH excluding ortho intramolecular Hbond substituents is 1. The molecular formula is C11H13NO4S. The van der Waals surface area contributed by atoms with Gasteiger partial charge in [-0.1, -0.05) is 6.07 Å². The summed E-state index contributed by atoms with van der Waals surface area (Å²) in [6.07, 6.45) is 0. The van der Waals surface area contributed by atoms with Gasteiger partial charge in [-0.05, 0) is 17.7 Å². The molecule has 1 unspecified atom stereocenters. The Morgan fingerprint density at radius 1 is 1.59 bits per heavy atom. The second-order valence-corrected chi connectivity index (χ2v) is 4.84. The molecule has 2 rings (SSSR count). The number of aromatic hydroxyl groups is 1. The standard InChI is InChI=1S/C11H13NO4S/c1-16-9-3-2-6(4-8(9)13)10-12-7(5-17-10)11(14)15/h2-4,7,10,12-13H,5H2,1H3,(H,14,15)/t7-,10?/m0/s1. The molecule has 92 valence electrons. The maximum absolute atomic E-state index is 10.8. The van der Waals surface area contributed by atoms with E-state index in [1.54, 1.807) is 12.1 Å². The average molecular weight is 255 g/mol. The van der Waals surface area contributed by atoms with Crippen molar-refractivity contribution in [1.29, 1.82) is 0 Å². The minimum atomic E-state index is -0.849. The van der Waals surface area contributed by atoms with Crippen molar-refractivity contribution in [3.8, 4) is 11.5 Å². The molecule has 1 saturated heterocycles. The molecular weight excluding hydrogens is 242 g/mol. The Bertz CT molecular complexity index is 437. The highest BCUT2D eigenvalue weighted by molar-refractivity contribution is 7.99. The van der Waals surface area contributed by atoms with Gasteiger partial charge in [0.15, 0.2) is 11.5 Å². The van der Waals surface area contributed by atoms with Crippen LogP contribution in [0.5, 0.6) is 11.5 Å². The lowest BCUT2D eigenvalue weighted by atomic mass is 10.2. The highest BCUT2D eigenvalue weighted by Crippen LogP contribution is 2.36. The molecule has 1 fully saturated rings. The van der Waals surface area contributed by atoms with E-state index in [-0.39, 0.29) is 11.1 Å². The average Bonchev–Trinajstić information content (AvgIpc) is 2.78. The van der Waals surface area contributed by atoms with E-state index in [2.05, 4.69) is 5.32 Å². The minimum Gasteiger partial charge on any atom is -0.504 e. The number of benzene rings is 1. The Morgan fingerprint density at radius 2 is 2.35 bits per heavy atom. The summed E-state index contributed by atoms with van der Waals surface area (Å²) in [7, 11) is 1.48. The van der Waals surface area contributed by atoms with Crippen LogP contribution < -0.4 is 10.1 Å². The Kier molecular flexibility index (Phi) is 3.44. The lowest BCUT2D eigenvalue weighted by molar-refractivity contribution is -0.138. The van der Waals surface area contributed by atoms with E-state index in [0.29, 0.717) is 11.5 Å². The second-order valence-electron chi connectivity index (χ2n) is 3.70. The summed E-state index contributed by atoms with van der Waals surface area (Å²) in [5.74, 6) is 0.141. The Balaban J connectivity index is 2.14. The van der Waals surface area contributed by atoms with Crippen molar-refractivity contribution in [3.63, 3.8) is 0 Å². The molecule has 1 heterocycles. The summed E-state index contributed by atoms with van der Waals surface area (Å²) in [4.78, 5) is 10.8.